The number of benzene rings is 1. The van der Waals surface area contributed by atoms with Gasteiger partial charge in [-0.1, -0.05) is 62.8 Å². The van der Waals surface area contributed by atoms with Crippen molar-refractivity contribution < 1.29 is 4.79 Å². The maximum Gasteiger partial charge on any atom is 0.238 e. The van der Waals surface area contributed by atoms with Crippen molar-refractivity contribution in [1.82, 2.24) is 10.4 Å². The number of nitrogens with one attached hydrogen (secondary N) is 2. The number of hydrazine groups is 1. The highest BCUT2D eigenvalue weighted by Crippen LogP contribution is 2.25. The Morgan fingerprint density at radius 2 is 1.83 bits per heavy atom. The Hall–Kier alpha value is -1.59. The number of unbranched alkanes of at least 4 members (excludes halogenated alkanes) is 5. The van der Waals surface area contributed by atoms with Crippen LogP contribution in [0.3, 0.4) is 0 Å². The number of carbonyl (C=O) groups is 1. The molecule has 0 spiro atoms. The molecule has 0 unspecified atom stereocenters. The number of nitrogens with zero attached hydrogens (tertiary/aromatic N) is 1. The van der Waals surface area contributed by atoms with Crippen molar-refractivity contribution in [2.45, 2.75) is 51.9 Å². The fourth-order valence-electron chi connectivity index (χ4n) is 2.34. The Morgan fingerprint density at radius 1 is 1.12 bits per heavy atom. The summed E-state index contributed by atoms with van der Waals surface area (Å²) in [6.07, 6.45) is 7.61. The standard InChI is InChI=1S/C18H24ClN3OS/c1-2-3-4-5-6-7-8-17(23)21-22-18-20-16(13-24-18)14-9-11-15(19)12-10-14/h9-13H,2-8H2,1H3,(H,20,22)(H,21,23). The van der Waals surface area contributed by atoms with E-state index < -0.39 is 0 Å². The number of anilines is 1. The number of hydrogen-bond donors (Lipinski definition) is 2. The van der Waals surface area contributed by atoms with E-state index in [0.717, 1.165) is 24.1 Å². The minimum atomic E-state index is 0.00809. The van der Waals surface area contributed by atoms with Crippen LogP contribution in [0.25, 0.3) is 11.3 Å². The van der Waals surface area contributed by atoms with Crippen LogP contribution in [0.2, 0.25) is 5.02 Å². The zero-order chi connectivity index (χ0) is 17.2. The Balaban J connectivity index is 1.69. The first-order valence-electron chi connectivity index (χ1n) is 8.45. The van der Waals surface area contributed by atoms with Crippen LogP contribution in [0, 0.1) is 0 Å². The van der Waals surface area contributed by atoms with Crippen molar-refractivity contribution in [2.75, 3.05) is 5.43 Å². The lowest BCUT2D eigenvalue weighted by Gasteiger charge is -2.05. The summed E-state index contributed by atoms with van der Waals surface area (Å²) in [5.41, 5.74) is 7.47. The molecule has 1 amide bonds. The van der Waals surface area contributed by atoms with Gasteiger partial charge in [-0.05, 0) is 18.6 Å². The molecule has 6 heteroatoms. The molecule has 130 valence electrons. The van der Waals surface area contributed by atoms with Crippen LogP contribution in [0.1, 0.15) is 51.9 Å². The van der Waals surface area contributed by atoms with Crippen LogP contribution in [0.15, 0.2) is 29.6 Å². The minimum absolute atomic E-state index is 0.00809. The van der Waals surface area contributed by atoms with Gasteiger partial charge in [0.05, 0.1) is 5.69 Å². The first-order valence-corrected chi connectivity index (χ1v) is 9.71. The number of halogens is 1. The summed E-state index contributed by atoms with van der Waals surface area (Å²) in [4.78, 5) is 16.3. The van der Waals surface area contributed by atoms with Crippen molar-refractivity contribution in [3.8, 4) is 11.3 Å². The van der Waals surface area contributed by atoms with Crippen LogP contribution in [0.4, 0.5) is 5.13 Å². The maximum atomic E-state index is 11.8. The van der Waals surface area contributed by atoms with Crippen molar-refractivity contribution >= 4 is 34.0 Å². The van der Waals surface area contributed by atoms with Gasteiger partial charge in [0, 0.05) is 22.4 Å². The van der Waals surface area contributed by atoms with E-state index in [2.05, 4.69) is 22.8 Å². The average molecular weight is 366 g/mol. The molecule has 0 aliphatic carbocycles. The summed E-state index contributed by atoms with van der Waals surface area (Å²) < 4.78 is 0. The van der Waals surface area contributed by atoms with Crippen molar-refractivity contribution in [2.24, 2.45) is 0 Å². The van der Waals surface area contributed by atoms with Gasteiger partial charge < -0.3 is 0 Å². The summed E-state index contributed by atoms with van der Waals surface area (Å²) in [7, 11) is 0. The molecule has 1 aromatic carbocycles. The first kappa shape index (κ1) is 18.7. The summed E-state index contributed by atoms with van der Waals surface area (Å²) in [6.45, 7) is 2.20. The van der Waals surface area contributed by atoms with E-state index in [0.29, 0.717) is 16.6 Å². The molecule has 0 aliphatic rings. The molecule has 0 saturated carbocycles. The monoisotopic (exact) mass is 365 g/mol. The van der Waals surface area contributed by atoms with E-state index >= 15 is 0 Å². The van der Waals surface area contributed by atoms with E-state index in [1.165, 1.54) is 37.0 Å². The van der Waals surface area contributed by atoms with Crippen LogP contribution in [0.5, 0.6) is 0 Å². The molecule has 0 aliphatic heterocycles. The molecule has 1 aromatic heterocycles. The molecule has 0 radical (unpaired) electrons. The van der Waals surface area contributed by atoms with Gasteiger partial charge >= 0.3 is 0 Å². The molecule has 0 fully saturated rings. The Kier molecular flexibility index (Phi) is 8.05. The third kappa shape index (κ3) is 6.49. The van der Waals surface area contributed by atoms with Gasteiger partial charge in [-0.3, -0.25) is 15.6 Å². The van der Waals surface area contributed by atoms with Crippen molar-refractivity contribution in [3.05, 3.63) is 34.7 Å². The molecular formula is C18H24ClN3OS. The topological polar surface area (TPSA) is 54.0 Å². The highest BCUT2D eigenvalue weighted by molar-refractivity contribution is 7.14. The third-order valence-corrected chi connectivity index (χ3v) is 4.72. The quantitative estimate of drug-likeness (QED) is 0.422. The van der Waals surface area contributed by atoms with Gasteiger partial charge in [0.25, 0.3) is 0 Å². The molecule has 0 atom stereocenters. The molecule has 24 heavy (non-hydrogen) atoms. The largest absolute Gasteiger partial charge is 0.273 e. The second-order valence-electron chi connectivity index (χ2n) is 5.74. The number of carbonyl (C=O) groups excluding carboxylic acids is 1. The number of hydrogen-bond acceptors (Lipinski definition) is 4. The summed E-state index contributed by atoms with van der Waals surface area (Å²) in [6, 6.07) is 7.54. The number of rotatable bonds is 10. The van der Waals surface area contributed by atoms with E-state index in [-0.39, 0.29) is 5.91 Å². The second kappa shape index (κ2) is 10.3. The normalized spacial score (nSPS) is 10.6. The molecule has 0 bridgehead atoms. The summed E-state index contributed by atoms with van der Waals surface area (Å²) in [5, 5.41) is 3.33. The van der Waals surface area contributed by atoms with Gasteiger partial charge in [-0.15, -0.1) is 11.3 Å². The lowest BCUT2D eigenvalue weighted by atomic mass is 10.1. The Bertz CT molecular complexity index is 627. The Labute approximate surface area is 152 Å². The fourth-order valence-corrected chi connectivity index (χ4v) is 3.13. The van der Waals surface area contributed by atoms with Crippen LogP contribution in [-0.2, 0) is 4.79 Å². The highest BCUT2D eigenvalue weighted by atomic mass is 35.5. The smallest absolute Gasteiger partial charge is 0.238 e. The molecule has 2 N–H and O–H groups in total. The fraction of sp³-hybridized carbons (Fsp3) is 0.444. The van der Waals surface area contributed by atoms with Crippen molar-refractivity contribution in [3.63, 3.8) is 0 Å². The Morgan fingerprint density at radius 3 is 2.58 bits per heavy atom. The number of aromatic nitrogens is 1. The first-order chi connectivity index (χ1) is 11.7. The zero-order valence-corrected chi connectivity index (χ0v) is 15.6. The minimum Gasteiger partial charge on any atom is -0.273 e. The van der Waals surface area contributed by atoms with Crippen LogP contribution >= 0.6 is 22.9 Å². The van der Waals surface area contributed by atoms with Gasteiger partial charge in [0.15, 0.2) is 0 Å². The van der Waals surface area contributed by atoms with Gasteiger partial charge in [-0.25, -0.2) is 4.98 Å². The number of amides is 1. The van der Waals surface area contributed by atoms with Crippen molar-refractivity contribution in [1.29, 1.82) is 0 Å². The molecule has 0 saturated heterocycles. The SMILES string of the molecule is CCCCCCCCC(=O)NNc1nc(-c2ccc(Cl)cc2)cs1. The van der Waals surface area contributed by atoms with Gasteiger partial charge in [0.1, 0.15) is 0 Å². The molecule has 2 rings (SSSR count). The lowest BCUT2D eigenvalue weighted by molar-refractivity contribution is -0.120. The van der Waals surface area contributed by atoms with Crippen LogP contribution in [-0.4, -0.2) is 10.9 Å². The number of thiazole rings is 1. The predicted molar refractivity (Wildman–Crippen MR) is 102 cm³/mol. The van der Waals surface area contributed by atoms with E-state index in [9.17, 15) is 4.79 Å². The average Bonchev–Trinajstić information content (AvgIpc) is 3.06. The molecule has 2 aromatic rings. The molecule has 1 heterocycles. The van der Waals surface area contributed by atoms with Gasteiger partial charge in [-0.2, -0.15) is 0 Å². The van der Waals surface area contributed by atoms with E-state index in [1.54, 1.807) is 0 Å². The molecule has 4 nitrogen and oxygen atoms in total. The van der Waals surface area contributed by atoms with Gasteiger partial charge in [0.2, 0.25) is 11.0 Å². The summed E-state index contributed by atoms with van der Waals surface area (Å²) >= 11 is 7.35. The second-order valence-corrected chi connectivity index (χ2v) is 7.03. The lowest BCUT2D eigenvalue weighted by Crippen LogP contribution is -2.28. The zero-order valence-electron chi connectivity index (χ0n) is 14.0. The molecular weight excluding hydrogens is 342 g/mol. The highest BCUT2D eigenvalue weighted by Gasteiger charge is 2.06. The van der Waals surface area contributed by atoms with Crippen LogP contribution < -0.4 is 10.9 Å². The van der Waals surface area contributed by atoms with E-state index in [4.69, 9.17) is 11.6 Å². The summed E-state index contributed by atoms with van der Waals surface area (Å²) in [5.74, 6) is 0.00809. The van der Waals surface area contributed by atoms with E-state index in [1.807, 2.05) is 29.6 Å². The maximum absolute atomic E-state index is 11.8. The predicted octanol–water partition coefficient (Wildman–Crippen LogP) is 5.66. The third-order valence-electron chi connectivity index (χ3n) is 3.71.